The van der Waals surface area contributed by atoms with Crippen LogP contribution in [0.3, 0.4) is 0 Å². The van der Waals surface area contributed by atoms with Gasteiger partial charge in [-0.25, -0.2) is 0 Å². The molecule has 0 saturated heterocycles. The number of fused-ring (bicyclic) bond motifs is 1. The molecule has 5 heteroatoms. The van der Waals surface area contributed by atoms with E-state index in [0.717, 1.165) is 0 Å². The number of phenolic OH excluding ortho intramolecular Hbond substituents is 1. The van der Waals surface area contributed by atoms with Crippen molar-refractivity contribution < 1.29 is 19.7 Å². The number of ether oxygens (including phenoxy) is 2. The third kappa shape index (κ3) is 2.05. The second-order valence-corrected chi connectivity index (χ2v) is 3.65. The van der Waals surface area contributed by atoms with Crippen molar-refractivity contribution >= 4 is 0 Å². The van der Waals surface area contributed by atoms with Crippen molar-refractivity contribution in [2.75, 3.05) is 19.8 Å². The normalized spacial score (nSPS) is 15.9. The summed E-state index contributed by atoms with van der Waals surface area (Å²) >= 11 is 0. The summed E-state index contributed by atoms with van der Waals surface area (Å²) in [6.07, 6.45) is -0.381. The Hall–Kier alpha value is -1.46. The highest BCUT2D eigenvalue weighted by atomic mass is 16.6. The highest BCUT2D eigenvalue weighted by Gasteiger charge is 2.19. The van der Waals surface area contributed by atoms with Crippen molar-refractivity contribution in [1.82, 2.24) is 0 Å². The Bertz CT molecular complexity index is 380. The molecule has 1 aromatic carbocycles. The maximum Gasteiger partial charge on any atom is 0.165 e. The zero-order valence-electron chi connectivity index (χ0n) is 8.85. The summed E-state index contributed by atoms with van der Waals surface area (Å²) in [5.74, 6) is 1.06. The van der Waals surface area contributed by atoms with Crippen molar-refractivity contribution in [2.45, 2.75) is 12.5 Å². The van der Waals surface area contributed by atoms with Crippen molar-refractivity contribution in [3.63, 3.8) is 0 Å². The first-order valence-corrected chi connectivity index (χ1v) is 5.23. The highest BCUT2D eigenvalue weighted by molar-refractivity contribution is 5.51. The fourth-order valence-corrected chi connectivity index (χ4v) is 1.67. The molecule has 4 N–H and O–H groups in total. The molecule has 0 spiro atoms. The van der Waals surface area contributed by atoms with Gasteiger partial charge in [0, 0.05) is 11.6 Å². The first-order valence-electron chi connectivity index (χ1n) is 5.23. The van der Waals surface area contributed by atoms with E-state index in [1.54, 1.807) is 6.07 Å². The fraction of sp³-hybridized carbons (Fsp3) is 0.455. The molecule has 0 amide bonds. The fourth-order valence-electron chi connectivity index (χ4n) is 1.67. The first kappa shape index (κ1) is 11.0. The maximum absolute atomic E-state index is 9.77. The molecule has 88 valence electrons. The van der Waals surface area contributed by atoms with Crippen LogP contribution in [0, 0.1) is 0 Å². The van der Waals surface area contributed by atoms with Gasteiger partial charge in [-0.05, 0) is 19.0 Å². The number of nitrogens with two attached hydrogens (primary N) is 1. The minimum atomic E-state index is -0.777. The van der Waals surface area contributed by atoms with Gasteiger partial charge in [-0.2, -0.15) is 0 Å². The van der Waals surface area contributed by atoms with E-state index in [4.69, 9.17) is 15.2 Å². The van der Waals surface area contributed by atoms with Gasteiger partial charge in [-0.3, -0.25) is 0 Å². The van der Waals surface area contributed by atoms with Gasteiger partial charge in [0.1, 0.15) is 19.0 Å². The lowest BCUT2D eigenvalue weighted by molar-refractivity contribution is 0.157. The molecule has 1 aliphatic heterocycles. The van der Waals surface area contributed by atoms with Gasteiger partial charge in [-0.1, -0.05) is 0 Å². The number of phenols is 1. The van der Waals surface area contributed by atoms with E-state index in [0.29, 0.717) is 43.2 Å². The van der Waals surface area contributed by atoms with E-state index >= 15 is 0 Å². The number of rotatable bonds is 3. The van der Waals surface area contributed by atoms with E-state index in [1.165, 1.54) is 6.07 Å². The zero-order chi connectivity index (χ0) is 11.5. The van der Waals surface area contributed by atoms with Crippen LogP contribution in [0.15, 0.2) is 12.1 Å². The molecule has 16 heavy (non-hydrogen) atoms. The van der Waals surface area contributed by atoms with Gasteiger partial charge in [-0.15, -0.1) is 0 Å². The Kier molecular flexibility index (Phi) is 3.17. The summed E-state index contributed by atoms with van der Waals surface area (Å²) in [5, 5.41) is 19.5. The molecule has 5 nitrogen and oxygen atoms in total. The summed E-state index contributed by atoms with van der Waals surface area (Å²) < 4.78 is 10.7. The monoisotopic (exact) mass is 225 g/mol. The van der Waals surface area contributed by atoms with E-state index in [2.05, 4.69) is 0 Å². The molecule has 1 heterocycles. The van der Waals surface area contributed by atoms with Gasteiger partial charge >= 0.3 is 0 Å². The van der Waals surface area contributed by atoms with Gasteiger partial charge in [0.05, 0.1) is 6.10 Å². The average molecular weight is 225 g/mol. The topological polar surface area (TPSA) is 84.9 Å². The molecule has 1 atom stereocenters. The van der Waals surface area contributed by atoms with Gasteiger partial charge in [0.25, 0.3) is 0 Å². The van der Waals surface area contributed by atoms with Gasteiger partial charge < -0.3 is 25.4 Å². The van der Waals surface area contributed by atoms with Crippen LogP contribution >= 0.6 is 0 Å². The van der Waals surface area contributed by atoms with Crippen LogP contribution < -0.4 is 15.2 Å². The second-order valence-electron chi connectivity index (χ2n) is 3.65. The quantitative estimate of drug-likeness (QED) is 0.699. The summed E-state index contributed by atoms with van der Waals surface area (Å²) in [6.45, 7) is 1.30. The highest BCUT2D eigenvalue weighted by Crippen LogP contribution is 2.39. The smallest absolute Gasteiger partial charge is 0.165 e. The summed E-state index contributed by atoms with van der Waals surface area (Å²) in [5.41, 5.74) is 5.78. The van der Waals surface area contributed by atoms with Crippen LogP contribution in [0.1, 0.15) is 18.1 Å². The van der Waals surface area contributed by atoms with Gasteiger partial charge in [0.15, 0.2) is 11.5 Å². The Labute approximate surface area is 93.4 Å². The molecule has 1 aromatic rings. The van der Waals surface area contributed by atoms with Crippen LogP contribution in [0.25, 0.3) is 0 Å². The minimum absolute atomic E-state index is 0.00481. The van der Waals surface area contributed by atoms with Crippen LogP contribution in [-0.2, 0) is 0 Å². The first-order chi connectivity index (χ1) is 7.72. The molecule has 0 aliphatic carbocycles. The molecule has 0 bridgehead atoms. The predicted molar refractivity (Wildman–Crippen MR) is 57.7 cm³/mol. The number of aromatic hydroxyl groups is 1. The van der Waals surface area contributed by atoms with E-state index < -0.39 is 6.10 Å². The Balaban J connectivity index is 2.31. The van der Waals surface area contributed by atoms with Crippen LogP contribution in [0.2, 0.25) is 0 Å². The second kappa shape index (κ2) is 4.59. The Morgan fingerprint density at radius 3 is 2.50 bits per heavy atom. The SMILES string of the molecule is NCCC(O)c1cc2c(cc1O)OCCO2. The van der Waals surface area contributed by atoms with Crippen LogP contribution in [0.5, 0.6) is 17.2 Å². The summed E-state index contributed by atoms with van der Waals surface area (Å²) in [6, 6.07) is 3.06. The van der Waals surface area contributed by atoms with Crippen molar-refractivity contribution in [3.05, 3.63) is 17.7 Å². The summed E-state index contributed by atoms with van der Waals surface area (Å²) in [7, 11) is 0. The Morgan fingerprint density at radius 2 is 1.88 bits per heavy atom. The Morgan fingerprint density at radius 1 is 1.25 bits per heavy atom. The maximum atomic E-state index is 9.77. The lowest BCUT2D eigenvalue weighted by Gasteiger charge is -2.21. The molecular weight excluding hydrogens is 210 g/mol. The number of aliphatic hydroxyl groups is 1. The molecule has 0 radical (unpaired) electrons. The molecule has 2 rings (SSSR count). The third-order valence-electron chi connectivity index (χ3n) is 2.49. The van der Waals surface area contributed by atoms with Crippen molar-refractivity contribution in [1.29, 1.82) is 0 Å². The summed E-state index contributed by atoms with van der Waals surface area (Å²) in [4.78, 5) is 0. The van der Waals surface area contributed by atoms with Crippen molar-refractivity contribution in [3.8, 4) is 17.2 Å². The van der Waals surface area contributed by atoms with Gasteiger partial charge in [0.2, 0.25) is 0 Å². The minimum Gasteiger partial charge on any atom is -0.507 e. The van der Waals surface area contributed by atoms with Crippen LogP contribution in [-0.4, -0.2) is 30.0 Å². The van der Waals surface area contributed by atoms with Crippen LogP contribution in [0.4, 0.5) is 0 Å². The molecule has 0 saturated carbocycles. The van der Waals surface area contributed by atoms with E-state index in [9.17, 15) is 10.2 Å². The standard InChI is InChI=1S/C11H15NO4/c12-2-1-8(13)7-5-10-11(6-9(7)14)16-4-3-15-10/h5-6,8,13-14H,1-4,12H2. The molecule has 1 aliphatic rings. The number of hydrogen-bond acceptors (Lipinski definition) is 5. The molecule has 0 fully saturated rings. The van der Waals surface area contributed by atoms with E-state index in [-0.39, 0.29) is 5.75 Å². The number of benzene rings is 1. The lowest BCUT2D eigenvalue weighted by Crippen LogP contribution is -2.16. The predicted octanol–water partition coefficient (Wildman–Crippen LogP) is 0.546. The number of aliphatic hydroxyl groups excluding tert-OH is 1. The largest absolute Gasteiger partial charge is 0.507 e. The third-order valence-corrected chi connectivity index (χ3v) is 2.49. The van der Waals surface area contributed by atoms with Crippen molar-refractivity contribution in [2.24, 2.45) is 5.73 Å². The number of hydrogen-bond donors (Lipinski definition) is 3. The lowest BCUT2D eigenvalue weighted by atomic mass is 10.0. The molecule has 1 unspecified atom stereocenters. The zero-order valence-corrected chi connectivity index (χ0v) is 8.85. The molecule has 0 aromatic heterocycles. The van der Waals surface area contributed by atoms with E-state index in [1.807, 2.05) is 0 Å². The average Bonchev–Trinajstić information content (AvgIpc) is 2.28. The molecular formula is C11H15NO4.